The van der Waals surface area contributed by atoms with Crippen LogP contribution < -0.4 is 0 Å². The largest absolute Gasteiger partial charge is 0.508 e. The van der Waals surface area contributed by atoms with E-state index in [-0.39, 0.29) is 23.4 Å². The first kappa shape index (κ1) is 20.3. The molecule has 1 aliphatic heterocycles. The summed E-state index contributed by atoms with van der Waals surface area (Å²) in [4.78, 5) is 31.4. The zero-order valence-electron chi connectivity index (χ0n) is 16.6. The third-order valence-corrected chi connectivity index (χ3v) is 5.22. The van der Waals surface area contributed by atoms with Gasteiger partial charge in [-0.1, -0.05) is 18.2 Å². The monoisotopic (exact) mass is 418 g/mol. The number of halogens is 1. The summed E-state index contributed by atoms with van der Waals surface area (Å²) in [6.45, 7) is 1.57. The first-order chi connectivity index (χ1) is 14.9. The Bertz CT molecular complexity index is 1210. The summed E-state index contributed by atoms with van der Waals surface area (Å²) in [7, 11) is 0. The lowest BCUT2D eigenvalue weighted by atomic mass is 9.94. The van der Waals surface area contributed by atoms with Crippen molar-refractivity contribution >= 4 is 17.4 Å². The van der Waals surface area contributed by atoms with Crippen LogP contribution in [-0.4, -0.2) is 31.8 Å². The lowest BCUT2D eigenvalue weighted by Crippen LogP contribution is -2.29. The molecule has 3 aromatic rings. The standard InChI is InChI=1S/C24H19FN2O4/c1-14-11-16(8-9-19(14)25)22(29)20-21(15-5-4-7-18(28)12-15)27(24(31)23(20)30)13-17-6-2-3-10-26-17/h2-12,21,28-29H,13H2,1H3/b22-20-. The van der Waals surface area contributed by atoms with Gasteiger partial charge in [0, 0.05) is 11.8 Å². The molecular formula is C24H19FN2O4. The minimum absolute atomic E-state index is 0.0327. The van der Waals surface area contributed by atoms with Gasteiger partial charge in [-0.05, 0) is 60.5 Å². The number of ketones is 1. The van der Waals surface area contributed by atoms with E-state index in [1.165, 1.54) is 35.2 Å². The van der Waals surface area contributed by atoms with Crippen molar-refractivity contribution in [1.29, 1.82) is 0 Å². The van der Waals surface area contributed by atoms with Crippen molar-refractivity contribution in [1.82, 2.24) is 9.88 Å². The molecule has 0 bridgehead atoms. The summed E-state index contributed by atoms with van der Waals surface area (Å²) in [5, 5.41) is 21.0. The fraction of sp³-hybridized carbons (Fsp3) is 0.125. The Labute approximate surface area is 177 Å². The third kappa shape index (κ3) is 3.77. The van der Waals surface area contributed by atoms with Gasteiger partial charge in [0.05, 0.1) is 23.9 Å². The molecule has 1 amide bonds. The topological polar surface area (TPSA) is 90.7 Å². The number of amides is 1. The Morgan fingerprint density at radius 2 is 1.90 bits per heavy atom. The number of aromatic hydroxyl groups is 1. The van der Waals surface area contributed by atoms with E-state index in [0.29, 0.717) is 16.8 Å². The second kappa shape index (κ2) is 8.02. The first-order valence-electron chi connectivity index (χ1n) is 9.60. The molecule has 0 saturated carbocycles. The Balaban J connectivity index is 1.88. The Kier molecular flexibility index (Phi) is 5.25. The SMILES string of the molecule is Cc1cc(/C(O)=C2/C(=O)C(=O)N(Cc3ccccn3)C2c2cccc(O)c2)ccc1F. The predicted octanol–water partition coefficient (Wildman–Crippen LogP) is 3.86. The molecule has 0 aliphatic carbocycles. The van der Waals surface area contributed by atoms with E-state index >= 15 is 0 Å². The van der Waals surface area contributed by atoms with E-state index in [0.717, 1.165) is 0 Å². The minimum Gasteiger partial charge on any atom is -0.508 e. The van der Waals surface area contributed by atoms with Crippen molar-refractivity contribution in [2.45, 2.75) is 19.5 Å². The van der Waals surface area contributed by atoms with Crippen LogP contribution in [0.15, 0.2) is 72.4 Å². The van der Waals surface area contributed by atoms with Gasteiger partial charge in [-0.2, -0.15) is 0 Å². The van der Waals surface area contributed by atoms with E-state index in [2.05, 4.69) is 4.98 Å². The number of aliphatic hydroxyl groups excluding tert-OH is 1. The summed E-state index contributed by atoms with van der Waals surface area (Å²) >= 11 is 0. The lowest BCUT2D eigenvalue weighted by Gasteiger charge is -2.25. The number of carbonyl (C=O) groups excluding carboxylic acids is 2. The number of aromatic nitrogens is 1. The molecule has 2 heterocycles. The number of phenols is 1. The van der Waals surface area contributed by atoms with E-state index < -0.39 is 29.3 Å². The van der Waals surface area contributed by atoms with Crippen molar-refractivity contribution in [2.24, 2.45) is 0 Å². The zero-order chi connectivity index (χ0) is 22.1. The molecule has 1 aromatic heterocycles. The first-order valence-corrected chi connectivity index (χ1v) is 9.60. The molecule has 1 unspecified atom stereocenters. The number of hydrogen-bond donors (Lipinski definition) is 2. The lowest BCUT2D eigenvalue weighted by molar-refractivity contribution is -0.140. The van der Waals surface area contributed by atoms with Gasteiger partial charge < -0.3 is 15.1 Å². The number of hydrogen-bond acceptors (Lipinski definition) is 5. The van der Waals surface area contributed by atoms with Crippen LogP contribution in [-0.2, 0) is 16.1 Å². The molecule has 0 spiro atoms. The molecule has 2 aromatic carbocycles. The Hall–Kier alpha value is -4.00. The van der Waals surface area contributed by atoms with Crippen molar-refractivity contribution < 1.29 is 24.2 Å². The fourth-order valence-electron chi connectivity index (χ4n) is 3.70. The second-order valence-corrected chi connectivity index (χ2v) is 7.31. The third-order valence-electron chi connectivity index (χ3n) is 5.22. The molecule has 2 N–H and O–H groups in total. The van der Waals surface area contributed by atoms with Gasteiger partial charge in [-0.25, -0.2) is 4.39 Å². The molecule has 4 rings (SSSR count). The van der Waals surface area contributed by atoms with Crippen LogP contribution in [0, 0.1) is 12.7 Å². The van der Waals surface area contributed by atoms with Crippen LogP contribution >= 0.6 is 0 Å². The number of phenolic OH excluding ortho intramolecular Hbond substituents is 1. The number of carbonyl (C=O) groups is 2. The highest BCUT2D eigenvalue weighted by molar-refractivity contribution is 6.46. The maximum atomic E-state index is 13.7. The number of aryl methyl sites for hydroxylation is 1. The van der Waals surface area contributed by atoms with Gasteiger partial charge in [0.25, 0.3) is 11.7 Å². The maximum Gasteiger partial charge on any atom is 0.296 e. The van der Waals surface area contributed by atoms with Crippen LogP contribution in [0.1, 0.15) is 28.4 Å². The van der Waals surface area contributed by atoms with Crippen LogP contribution in [0.4, 0.5) is 4.39 Å². The maximum absolute atomic E-state index is 13.7. The average Bonchev–Trinajstić information content (AvgIpc) is 3.01. The molecule has 0 radical (unpaired) electrons. The van der Waals surface area contributed by atoms with Gasteiger partial charge in [0.2, 0.25) is 0 Å². The van der Waals surface area contributed by atoms with E-state index in [9.17, 15) is 24.2 Å². The van der Waals surface area contributed by atoms with Gasteiger partial charge >= 0.3 is 0 Å². The van der Waals surface area contributed by atoms with Crippen LogP contribution in [0.5, 0.6) is 5.75 Å². The Morgan fingerprint density at radius 1 is 1.10 bits per heavy atom. The highest BCUT2D eigenvalue weighted by Crippen LogP contribution is 2.41. The van der Waals surface area contributed by atoms with E-state index in [4.69, 9.17) is 0 Å². The minimum atomic E-state index is -0.945. The molecule has 156 valence electrons. The summed E-state index contributed by atoms with van der Waals surface area (Å²) < 4.78 is 13.7. The van der Waals surface area contributed by atoms with Gasteiger partial charge in [0.1, 0.15) is 17.3 Å². The van der Waals surface area contributed by atoms with Gasteiger partial charge in [-0.15, -0.1) is 0 Å². The smallest absolute Gasteiger partial charge is 0.296 e. The molecule has 1 fully saturated rings. The number of rotatable bonds is 4. The Morgan fingerprint density at radius 3 is 2.58 bits per heavy atom. The number of benzene rings is 2. The summed E-state index contributed by atoms with van der Waals surface area (Å²) in [5.41, 5.74) is 1.40. The number of likely N-dealkylation sites (tertiary alicyclic amines) is 1. The highest BCUT2D eigenvalue weighted by Gasteiger charge is 2.46. The van der Waals surface area contributed by atoms with Crippen molar-refractivity contribution in [3.05, 3.63) is 101 Å². The van der Waals surface area contributed by atoms with Gasteiger partial charge in [-0.3, -0.25) is 14.6 Å². The number of nitrogens with zero attached hydrogens (tertiary/aromatic N) is 2. The van der Waals surface area contributed by atoms with Crippen molar-refractivity contribution in [3.63, 3.8) is 0 Å². The molecule has 31 heavy (non-hydrogen) atoms. The van der Waals surface area contributed by atoms with Crippen LogP contribution in [0.3, 0.4) is 0 Å². The average molecular weight is 418 g/mol. The molecule has 1 aliphatic rings. The second-order valence-electron chi connectivity index (χ2n) is 7.31. The molecule has 6 nitrogen and oxygen atoms in total. The molecular weight excluding hydrogens is 399 g/mol. The number of pyridine rings is 1. The quantitative estimate of drug-likeness (QED) is 0.382. The fourth-order valence-corrected chi connectivity index (χ4v) is 3.70. The summed E-state index contributed by atoms with van der Waals surface area (Å²) in [6, 6.07) is 14.4. The summed E-state index contributed by atoms with van der Waals surface area (Å²) in [5.74, 6) is -2.54. The molecule has 7 heteroatoms. The number of Topliss-reactive ketones (excluding diaryl/α,β-unsaturated/α-hetero) is 1. The van der Waals surface area contributed by atoms with E-state index in [1.807, 2.05) is 0 Å². The van der Waals surface area contributed by atoms with Gasteiger partial charge in [0.15, 0.2) is 0 Å². The highest BCUT2D eigenvalue weighted by atomic mass is 19.1. The molecule has 1 saturated heterocycles. The van der Waals surface area contributed by atoms with Crippen LogP contribution in [0.2, 0.25) is 0 Å². The van der Waals surface area contributed by atoms with Crippen LogP contribution in [0.25, 0.3) is 5.76 Å². The van der Waals surface area contributed by atoms with Crippen molar-refractivity contribution in [2.75, 3.05) is 0 Å². The zero-order valence-corrected chi connectivity index (χ0v) is 16.6. The van der Waals surface area contributed by atoms with Crippen molar-refractivity contribution in [3.8, 4) is 5.75 Å². The predicted molar refractivity (Wildman–Crippen MR) is 111 cm³/mol. The van der Waals surface area contributed by atoms with E-state index in [1.54, 1.807) is 43.5 Å². The normalized spacial score (nSPS) is 17.9. The summed E-state index contributed by atoms with van der Waals surface area (Å²) in [6.07, 6.45) is 1.58. The molecule has 1 atom stereocenters. The number of aliphatic hydroxyl groups is 1.